The number of aromatic amines is 1. The van der Waals surface area contributed by atoms with Gasteiger partial charge in [-0.05, 0) is 5.65 Å². The fourth-order valence-electron chi connectivity index (χ4n) is 0.722. The van der Waals surface area contributed by atoms with Crippen LogP contribution in [0.1, 0.15) is 0 Å². The van der Waals surface area contributed by atoms with Crippen LogP contribution in [0.4, 0.5) is 0 Å². The molecule has 0 aliphatic heterocycles. The molecule has 0 fully saturated rings. The quantitative estimate of drug-likeness (QED) is 0.492. The molecule has 0 amide bonds. The zero-order valence-electron chi connectivity index (χ0n) is 5.63. The Bertz CT molecular complexity index is 287. The number of H-pyrrole nitrogens is 1. The molecule has 4 heteroatoms. The van der Waals surface area contributed by atoms with E-state index in [0.717, 1.165) is 11.2 Å². The third-order valence-corrected chi connectivity index (χ3v) is 1.12. The van der Waals surface area contributed by atoms with E-state index in [0.29, 0.717) is 0 Å². The predicted octanol–water partition coefficient (Wildman–Crippen LogP) is -2.24. The third-order valence-electron chi connectivity index (χ3n) is 1.12. The molecule has 0 unspecified atom stereocenters. The van der Waals surface area contributed by atoms with Crippen LogP contribution in [0.3, 0.4) is 0 Å². The topological polar surface area (TPSA) is 41.6 Å². The van der Waals surface area contributed by atoms with Crippen molar-refractivity contribution in [1.82, 2.24) is 15.0 Å². The number of hydrogen-bond donors (Lipinski definition) is 1. The van der Waals surface area contributed by atoms with Crippen molar-refractivity contribution in [2.24, 2.45) is 0 Å². The Labute approximate surface area is 107 Å². The van der Waals surface area contributed by atoms with Crippen LogP contribution in [0.25, 0.3) is 11.2 Å². The maximum Gasteiger partial charge on any atom is 1.00 e. The van der Waals surface area contributed by atoms with Gasteiger partial charge in [-0.2, -0.15) is 0 Å². The number of fused-ring (bicyclic) bond motifs is 1. The summed E-state index contributed by atoms with van der Waals surface area (Å²) in [6, 6.07) is 2.89. The van der Waals surface area contributed by atoms with E-state index in [-0.39, 0.29) is 58.2 Å². The van der Waals surface area contributed by atoms with Gasteiger partial charge in [-0.3, -0.25) is 4.98 Å². The molecule has 0 atom stereocenters. The molecule has 0 saturated heterocycles. The Morgan fingerprint density at radius 1 is 1.30 bits per heavy atom. The SMILES string of the molecule is [Rb+].[c-]1c[nH]c2nccnc12. The van der Waals surface area contributed by atoms with Crippen molar-refractivity contribution in [2.45, 2.75) is 0 Å². The number of hydrogen-bond acceptors (Lipinski definition) is 2. The zero-order chi connectivity index (χ0) is 6.10. The Hall–Kier alpha value is 0.425. The standard InChI is InChI=1S/C6H4N3.Rb/c1-2-8-6-5(1)7-3-4-9-6;/h2-4H,(H,8,9);/q-1;+1. The molecule has 2 rings (SSSR count). The summed E-state index contributed by atoms with van der Waals surface area (Å²) in [5.41, 5.74) is 1.58. The van der Waals surface area contributed by atoms with Crippen molar-refractivity contribution in [3.8, 4) is 0 Å². The minimum atomic E-state index is 0. The van der Waals surface area contributed by atoms with Crippen LogP contribution in [0.2, 0.25) is 0 Å². The van der Waals surface area contributed by atoms with Crippen molar-refractivity contribution in [3.05, 3.63) is 24.7 Å². The molecule has 2 aromatic rings. The van der Waals surface area contributed by atoms with Gasteiger partial charge in [0, 0.05) is 12.4 Å². The first-order chi connectivity index (χ1) is 4.47. The molecular formula is C6H4N3Rb. The first kappa shape index (κ1) is 8.52. The third kappa shape index (κ3) is 1.53. The van der Waals surface area contributed by atoms with Gasteiger partial charge in [0.15, 0.2) is 0 Å². The smallest absolute Gasteiger partial charge is 0.438 e. The average Bonchev–Trinajstić information content (AvgIpc) is 2.33. The number of aromatic nitrogens is 3. The maximum absolute atomic E-state index is 3.99. The Kier molecular flexibility index (Phi) is 3.16. The van der Waals surface area contributed by atoms with E-state index in [9.17, 15) is 0 Å². The summed E-state index contributed by atoms with van der Waals surface area (Å²) < 4.78 is 0. The van der Waals surface area contributed by atoms with E-state index in [2.05, 4.69) is 21.0 Å². The molecule has 0 aliphatic rings. The number of rotatable bonds is 0. The molecule has 0 radical (unpaired) electrons. The van der Waals surface area contributed by atoms with Crippen LogP contribution in [0.15, 0.2) is 18.6 Å². The second-order valence-corrected chi connectivity index (χ2v) is 1.69. The summed E-state index contributed by atoms with van der Waals surface area (Å²) in [7, 11) is 0. The van der Waals surface area contributed by atoms with E-state index in [1.165, 1.54) is 0 Å². The molecule has 3 nitrogen and oxygen atoms in total. The van der Waals surface area contributed by atoms with Crippen molar-refractivity contribution in [2.75, 3.05) is 0 Å². The molecular weight excluding hydrogens is 200 g/mol. The van der Waals surface area contributed by atoms with Crippen LogP contribution >= 0.6 is 0 Å². The molecule has 0 aliphatic carbocycles. The number of nitrogens with one attached hydrogen (secondary N) is 1. The maximum atomic E-state index is 3.99. The summed E-state index contributed by atoms with van der Waals surface area (Å²) in [6.45, 7) is 0. The Balaban J connectivity index is 0.000000500. The summed E-state index contributed by atoms with van der Waals surface area (Å²) in [6.07, 6.45) is 4.99. The van der Waals surface area contributed by atoms with Crippen LogP contribution in [0, 0.1) is 6.07 Å². The number of nitrogens with zero attached hydrogens (tertiary/aromatic N) is 2. The first-order valence-corrected chi connectivity index (χ1v) is 2.62. The van der Waals surface area contributed by atoms with E-state index < -0.39 is 0 Å². The normalized spacial score (nSPS) is 9.20. The van der Waals surface area contributed by atoms with Gasteiger partial charge in [-0.25, -0.2) is 6.07 Å². The van der Waals surface area contributed by atoms with E-state index in [1.54, 1.807) is 18.6 Å². The van der Waals surface area contributed by atoms with Crippen LogP contribution in [-0.4, -0.2) is 15.0 Å². The second kappa shape index (κ2) is 3.71. The van der Waals surface area contributed by atoms with Gasteiger partial charge >= 0.3 is 58.2 Å². The molecule has 10 heavy (non-hydrogen) atoms. The van der Waals surface area contributed by atoms with Gasteiger partial charge in [0.05, 0.1) is 0 Å². The van der Waals surface area contributed by atoms with E-state index in [4.69, 9.17) is 0 Å². The van der Waals surface area contributed by atoms with Crippen molar-refractivity contribution in [1.29, 1.82) is 0 Å². The largest absolute Gasteiger partial charge is 1.00 e. The fraction of sp³-hybridized carbons (Fsp3) is 0. The van der Waals surface area contributed by atoms with Gasteiger partial charge in [0.1, 0.15) is 0 Å². The second-order valence-electron chi connectivity index (χ2n) is 1.69. The van der Waals surface area contributed by atoms with Gasteiger partial charge in [0.2, 0.25) is 0 Å². The molecule has 44 valence electrons. The Morgan fingerprint density at radius 2 is 2.10 bits per heavy atom. The molecule has 2 heterocycles. The zero-order valence-corrected chi connectivity index (χ0v) is 10.5. The van der Waals surface area contributed by atoms with Crippen LogP contribution in [0.5, 0.6) is 0 Å². The molecule has 0 spiro atoms. The fourth-order valence-corrected chi connectivity index (χ4v) is 0.722. The minimum absolute atomic E-state index is 0. The monoisotopic (exact) mass is 203 g/mol. The molecule has 0 aromatic carbocycles. The van der Waals surface area contributed by atoms with Gasteiger partial charge < -0.3 is 9.97 Å². The molecule has 0 bridgehead atoms. The van der Waals surface area contributed by atoms with Crippen LogP contribution in [-0.2, 0) is 0 Å². The molecule has 2 aromatic heterocycles. The van der Waals surface area contributed by atoms with Crippen LogP contribution < -0.4 is 58.2 Å². The van der Waals surface area contributed by atoms with Gasteiger partial charge in [0.25, 0.3) is 0 Å². The summed E-state index contributed by atoms with van der Waals surface area (Å²) in [5.74, 6) is 0. The minimum Gasteiger partial charge on any atom is -0.438 e. The van der Waals surface area contributed by atoms with Crippen molar-refractivity contribution < 1.29 is 58.2 Å². The van der Waals surface area contributed by atoms with Gasteiger partial charge in [-0.1, -0.05) is 5.52 Å². The molecule has 0 saturated carbocycles. The summed E-state index contributed by atoms with van der Waals surface area (Å²) in [4.78, 5) is 10.9. The summed E-state index contributed by atoms with van der Waals surface area (Å²) >= 11 is 0. The predicted molar refractivity (Wildman–Crippen MR) is 32.7 cm³/mol. The van der Waals surface area contributed by atoms with E-state index >= 15 is 0 Å². The first-order valence-electron chi connectivity index (χ1n) is 2.62. The van der Waals surface area contributed by atoms with Crippen molar-refractivity contribution in [3.63, 3.8) is 0 Å². The van der Waals surface area contributed by atoms with Gasteiger partial charge in [-0.15, -0.1) is 6.20 Å². The summed E-state index contributed by atoms with van der Waals surface area (Å²) in [5, 5.41) is 0. The molecule has 1 N–H and O–H groups in total. The van der Waals surface area contributed by atoms with E-state index in [1.807, 2.05) is 0 Å². The van der Waals surface area contributed by atoms with Crippen molar-refractivity contribution >= 4 is 11.2 Å². The average molecular weight is 204 g/mol. The Morgan fingerprint density at radius 3 is 2.90 bits per heavy atom.